The van der Waals surface area contributed by atoms with E-state index in [-0.39, 0.29) is 17.6 Å². The number of fused-ring (bicyclic) bond motifs is 1. The van der Waals surface area contributed by atoms with Gasteiger partial charge >= 0.3 is 5.69 Å². The molecule has 1 aromatic carbocycles. The Morgan fingerprint density at radius 1 is 1.48 bits per heavy atom. The van der Waals surface area contributed by atoms with Crippen molar-refractivity contribution in [3.63, 3.8) is 0 Å². The molecule has 1 aromatic heterocycles. The summed E-state index contributed by atoms with van der Waals surface area (Å²) in [5, 5.41) is 2.84. The van der Waals surface area contributed by atoms with Gasteiger partial charge in [0.25, 0.3) is 0 Å². The lowest BCUT2D eigenvalue weighted by Gasteiger charge is -2.25. The molecule has 7 nitrogen and oxygen atoms in total. The van der Waals surface area contributed by atoms with E-state index in [1.165, 1.54) is 0 Å². The van der Waals surface area contributed by atoms with Crippen molar-refractivity contribution < 1.29 is 9.53 Å². The number of aromatic nitrogens is 2. The number of nitrogens with one attached hydrogen (secondary N) is 3. The first-order chi connectivity index (χ1) is 9.90. The average molecular weight is 355 g/mol. The summed E-state index contributed by atoms with van der Waals surface area (Å²) in [4.78, 5) is 29.1. The highest BCUT2D eigenvalue weighted by Gasteiger charge is 2.44. The van der Waals surface area contributed by atoms with E-state index in [2.05, 4.69) is 31.2 Å². The van der Waals surface area contributed by atoms with Crippen molar-refractivity contribution in [1.82, 2.24) is 9.97 Å². The minimum absolute atomic E-state index is 0.203. The van der Waals surface area contributed by atoms with Crippen LogP contribution in [0.25, 0.3) is 11.0 Å². The van der Waals surface area contributed by atoms with Gasteiger partial charge in [-0.05, 0) is 35.0 Å². The van der Waals surface area contributed by atoms with Gasteiger partial charge in [-0.25, -0.2) is 4.79 Å². The molecule has 0 saturated carbocycles. The Balaban J connectivity index is 1.92. The van der Waals surface area contributed by atoms with Crippen LogP contribution in [0.4, 0.5) is 5.69 Å². The van der Waals surface area contributed by atoms with Crippen LogP contribution in [0.5, 0.6) is 0 Å². The van der Waals surface area contributed by atoms with Crippen LogP contribution in [0, 0.1) is 5.41 Å². The molecule has 0 radical (unpaired) electrons. The second-order valence-electron chi connectivity index (χ2n) is 5.45. The minimum atomic E-state index is -0.764. The molecule has 1 amide bonds. The second kappa shape index (κ2) is 4.97. The summed E-state index contributed by atoms with van der Waals surface area (Å²) in [6.45, 7) is 2.45. The van der Waals surface area contributed by atoms with Crippen LogP contribution >= 0.6 is 15.9 Å². The molecule has 5 N–H and O–H groups in total. The van der Waals surface area contributed by atoms with Crippen LogP contribution in [0.1, 0.15) is 6.92 Å². The Hall–Kier alpha value is -1.64. The van der Waals surface area contributed by atoms with Crippen molar-refractivity contribution in [1.29, 1.82) is 0 Å². The van der Waals surface area contributed by atoms with Gasteiger partial charge in [0.1, 0.15) is 0 Å². The molecule has 1 fully saturated rings. The average Bonchev–Trinajstić information content (AvgIpc) is 2.93. The number of imidazole rings is 1. The Labute approximate surface area is 128 Å². The number of hydrogen-bond acceptors (Lipinski definition) is 4. The molecule has 0 aliphatic carbocycles. The Bertz CT molecular complexity index is 768. The molecule has 0 spiro atoms. The SMILES string of the molecule is CC1(C(=O)Nc2cc3[nH]c(=O)[nH]c3cc2Br)COCC1N. The van der Waals surface area contributed by atoms with E-state index in [1.807, 2.05) is 0 Å². The molecular weight excluding hydrogens is 340 g/mol. The lowest BCUT2D eigenvalue weighted by atomic mass is 9.85. The van der Waals surface area contributed by atoms with Crippen LogP contribution in [-0.4, -0.2) is 35.1 Å². The van der Waals surface area contributed by atoms with E-state index >= 15 is 0 Å². The third-order valence-corrected chi connectivity index (χ3v) is 4.54. The standard InChI is InChI=1S/C13H15BrN4O3/c1-13(5-21-4-10(13)15)11(19)16-7-3-9-8(2-6(7)14)17-12(20)18-9/h2-3,10H,4-5,15H2,1H3,(H,16,19)(H2,17,18,20). The van der Waals surface area contributed by atoms with Crippen LogP contribution in [-0.2, 0) is 9.53 Å². The van der Waals surface area contributed by atoms with Crippen molar-refractivity contribution in [3.8, 4) is 0 Å². The number of halogens is 1. The van der Waals surface area contributed by atoms with E-state index in [4.69, 9.17) is 10.5 Å². The van der Waals surface area contributed by atoms with E-state index < -0.39 is 5.41 Å². The molecule has 2 atom stereocenters. The van der Waals surface area contributed by atoms with E-state index in [9.17, 15) is 9.59 Å². The first-order valence-electron chi connectivity index (χ1n) is 6.46. The number of H-pyrrole nitrogens is 2. The molecule has 8 heteroatoms. The topological polar surface area (TPSA) is 113 Å². The van der Waals surface area contributed by atoms with E-state index in [0.29, 0.717) is 34.4 Å². The van der Waals surface area contributed by atoms with Gasteiger partial charge < -0.3 is 25.8 Å². The zero-order chi connectivity index (χ0) is 15.2. The number of ether oxygens (including phenoxy) is 1. The summed E-state index contributed by atoms with van der Waals surface area (Å²) in [5.41, 5.74) is 6.75. The molecule has 1 aliphatic heterocycles. The zero-order valence-electron chi connectivity index (χ0n) is 11.3. The molecule has 1 saturated heterocycles. The predicted octanol–water partition coefficient (Wildman–Crippen LogP) is 0.921. The van der Waals surface area contributed by atoms with Crippen LogP contribution in [0.3, 0.4) is 0 Å². The number of rotatable bonds is 2. The number of aromatic amines is 2. The van der Waals surface area contributed by atoms with E-state index in [0.717, 1.165) is 0 Å². The molecule has 112 valence electrons. The van der Waals surface area contributed by atoms with Crippen LogP contribution < -0.4 is 16.7 Å². The minimum Gasteiger partial charge on any atom is -0.379 e. The lowest BCUT2D eigenvalue weighted by Crippen LogP contribution is -2.47. The van der Waals surface area contributed by atoms with Crippen LogP contribution in [0.15, 0.2) is 21.4 Å². The molecule has 2 unspecified atom stereocenters. The molecule has 1 aliphatic rings. The summed E-state index contributed by atoms with van der Waals surface area (Å²) < 4.78 is 5.96. The normalized spacial score (nSPS) is 25.4. The maximum absolute atomic E-state index is 12.5. The summed E-state index contributed by atoms with van der Waals surface area (Å²) >= 11 is 3.38. The fourth-order valence-electron chi connectivity index (χ4n) is 2.34. The summed E-state index contributed by atoms with van der Waals surface area (Å²) in [6, 6.07) is 3.09. The lowest BCUT2D eigenvalue weighted by molar-refractivity contribution is -0.125. The highest BCUT2D eigenvalue weighted by molar-refractivity contribution is 9.10. The quantitative estimate of drug-likeness (QED) is 0.642. The van der Waals surface area contributed by atoms with Gasteiger partial charge in [0, 0.05) is 10.5 Å². The first-order valence-corrected chi connectivity index (χ1v) is 7.26. The summed E-state index contributed by atoms with van der Waals surface area (Å²) in [6.07, 6.45) is 0. The van der Waals surface area contributed by atoms with Gasteiger partial charge in [-0.15, -0.1) is 0 Å². The van der Waals surface area contributed by atoms with Crippen LogP contribution in [0.2, 0.25) is 0 Å². The van der Waals surface area contributed by atoms with Crippen molar-refractivity contribution in [2.75, 3.05) is 18.5 Å². The summed E-state index contributed by atoms with van der Waals surface area (Å²) in [7, 11) is 0. The van der Waals surface area contributed by atoms with Gasteiger partial charge in [0.05, 0.1) is 35.3 Å². The number of amides is 1. The third-order valence-electron chi connectivity index (χ3n) is 3.89. The Morgan fingerprint density at radius 2 is 2.14 bits per heavy atom. The number of anilines is 1. The van der Waals surface area contributed by atoms with Gasteiger partial charge in [-0.3, -0.25) is 4.79 Å². The summed E-state index contributed by atoms with van der Waals surface area (Å²) in [5.74, 6) is -0.203. The van der Waals surface area contributed by atoms with Crippen molar-refractivity contribution in [3.05, 3.63) is 27.1 Å². The monoisotopic (exact) mass is 354 g/mol. The molecule has 0 bridgehead atoms. The maximum atomic E-state index is 12.5. The fraction of sp³-hybridized carbons (Fsp3) is 0.385. The van der Waals surface area contributed by atoms with E-state index in [1.54, 1.807) is 19.1 Å². The Morgan fingerprint density at radius 3 is 2.76 bits per heavy atom. The van der Waals surface area contributed by atoms with Gasteiger partial charge in [-0.2, -0.15) is 0 Å². The van der Waals surface area contributed by atoms with Crippen molar-refractivity contribution in [2.24, 2.45) is 11.1 Å². The highest BCUT2D eigenvalue weighted by atomic mass is 79.9. The third kappa shape index (κ3) is 2.39. The first kappa shape index (κ1) is 14.3. The highest BCUT2D eigenvalue weighted by Crippen LogP contribution is 2.31. The zero-order valence-corrected chi connectivity index (χ0v) is 12.9. The fourth-order valence-corrected chi connectivity index (χ4v) is 2.78. The number of hydrogen-bond donors (Lipinski definition) is 4. The molecular formula is C13H15BrN4O3. The maximum Gasteiger partial charge on any atom is 0.323 e. The molecule has 2 aromatic rings. The van der Waals surface area contributed by atoms with Gasteiger partial charge in [0.2, 0.25) is 5.91 Å². The van der Waals surface area contributed by atoms with Crippen molar-refractivity contribution >= 4 is 38.6 Å². The van der Waals surface area contributed by atoms with Gasteiger partial charge in [-0.1, -0.05) is 0 Å². The van der Waals surface area contributed by atoms with Gasteiger partial charge in [0.15, 0.2) is 0 Å². The number of carbonyl (C=O) groups is 1. The molecule has 3 rings (SSSR count). The number of carbonyl (C=O) groups excluding carboxylic acids is 1. The number of nitrogens with two attached hydrogens (primary N) is 1. The predicted molar refractivity (Wildman–Crippen MR) is 82.2 cm³/mol. The molecule has 2 heterocycles. The Kier molecular flexibility index (Phi) is 3.39. The molecule has 21 heavy (non-hydrogen) atoms. The van der Waals surface area contributed by atoms with Crippen molar-refractivity contribution in [2.45, 2.75) is 13.0 Å². The number of benzene rings is 1. The second-order valence-corrected chi connectivity index (χ2v) is 6.30. The largest absolute Gasteiger partial charge is 0.379 e. The smallest absolute Gasteiger partial charge is 0.323 e.